The fraction of sp³-hybridized carbons (Fsp3) is 0.923. The summed E-state index contributed by atoms with van der Waals surface area (Å²) in [6, 6.07) is 0.167. The van der Waals surface area contributed by atoms with Crippen molar-refractivity contribution in [2.24, 2.45) is 5.92 Å². The Morgan fingerprint density at radius 2 is 2.18 bits per heavy atom. The predicted molar refractivity (Wildman–Crippen MR) is 66.6 cm³/mol. The van der Waals surface area contributed by atoms with Crippen molar-refractivity contribution >= 4 is 5.91 Å². The van der Waals surface area contributed by atoms with Crippen LogP contribution in [0.15, 0.2) is 0 Å². The lowest BCUT2D eigenvalue weighted by molar-refractivity contribution is -0.128. The molecule has 1 amide bonds. The molecule has 1 heterocycles. The molecule has 1 aliphatic heterocycles. The summed E-state index contributed by atoms with van der Waals surface area (Å²) in [4.78, 5) is 12.2. The summed E-state index contributed by atoms with van der Waals surface area (Å²) in [5.74, 6) is 0.359. The number of rotatable bonds is 3. The van der Waals surface area contributed by atoms with Gasteiger partial charge in [-0.3, -0.25) is 4.79 Å². The van der Waals surface area contributed by atoms with Crippen LogP contribution >= 0.6 is 0 Å². The van der Waals surface area contributed by atoms with Gasteiger partial charge in [-0.2, -0.15) is 0 Å². The monoisotopic (exact) mass is 240 g/mol. The second kappa shape index (κ2) is 5.36. The predicted octanol–water partition coefficient (Wildman–Crippen LogP) is 0.796. The molecule has 2 aliphatic rings. The molecule has 0 radical (unpaired) electrons. The lowest BCUT2D eigenvalue weighted by Crippen LogP contribution is -2.55. The van der Waals surface area contributed by atoms with Gasteiger partial charge >= 0.3 is 0 Å². The van der Waals surface area contributed by atoms with Crippen molar-refractivity contribution in [3.05, 3.63) is 0 Å². The van der Waals surface area contributed by atoms with Crippen LogP contribution < -0.4 is 10.6 Å². The average Bonchev–Trinajstić information content (AvgIpc) is 2.78. The van der Waals surface area contributed by atoms with Crippen LogP contribution in [0.3, 0.4) is 0 Å². The van der Waals surface area contributed by atoms with Crippen LogP contribution in [0.1, 0.15) is 45.4 Å². The normalized spacial score (nSPS) is 38.0. The van der Waals surface area contributed by atoms with Crippen molar-refractivity contribution in [1.82, 2.24) is 10.6 Å². The van der Waals surface area contributed by atoms with E-state index in [9.17, 15) is 9.90 Å². The topological polar surface area (TPSA) is 61.4 Å². The zero-order chi connectivity index (χ0) is 12.3. The number of aliphatic hydroxyl groups excluding tert-OH is 1. The first-order valence-electron chi connectivity index (χ1n) is 6.82. The Morgan fingerprint density at radius 3 is 2.82 bits per heavy atom. The number of carbonyl (C=O) groups excluding carboxylic acids is 1. The maximum Gasteiger partial charge on any atom is 0.240 e. The van der Waals surface area contributed by atoms with Crippen LogP contribution in [0.5, 0.6) is 0 Å². The van der Waals surface area contributed by atoms with E-state index >= 15 is 0 Å². The molecule has 3 unspecified atom stereocenters. The highest BCUT2D eigenvalue weighted by atomic mass is 16.3. The third-order valence-corrected chi connectivity index (χ3v) is 4.33. The summed E-state index contributed by atoms with van der Waals surface area (Å²) >= 11 is 0. The van der Waals surface area contributed by atoms with Gasteiger partial charge in [0.25, 0.3) is 0 Å². The van der Waals surface area contributed by atoms with Crippen molar-refractivity contribution in [2.45, 2.75) is 57.0 Å². The first-order chi connectivity index (χ1) is 8.15. The lowest BCUT2D eigenvalue weighted by Gasteiger charge is -2.34. The molecule has 0 aromatic heterocycles. The van der Waals surface area contributed by atoms with E-state index in [1.54, 1.807) is 0 Å². The summed E-state index contributed by atoms with van der Waals surface area (Å²) in [5, 5.41) is 15.8. The molecule has 0 aromatic carbocycles. The summed E-state index contributed by atoms with van der Waals surface area (Å²) in [7, 11) is 0. The molecular weight excluding hydrogens is 216 g/mol. The molecule has 4 nitrogen and oxygen atoms in total. The molecule has 2 rings (SSSR count). The molecule has 1 saturated heterocycles. The second-order valence-electron chi connectivity index (χ2n) is 5.67. The lowest BCUT2D eigenvalue weighted by atomic mass is 9.84. The van der Waals surface area contributed by atoms with Gasteiger partial charge in [0, 0.05) is 18.6 Å². The van der Waals surface area contributed by atoms with Gasteiger partial charge in [0.1, 0.15) is 0 Å². The summed E-state index contributed by atoms with van der Waals surface area (Å²) in [6.45, 7) is 3.10. The molecule has 0 spiro atoms. The number of aliphatic hydroxyl groups is 1. The molecule has 17 heavy (non-hydrogen) atoms. The van der Waals surface area contributed by atoms with Crippen LogP contribution in [0.25, 0.3) is 0 Å². The fourth-order valence-corrected chi connectivity index (χ4v) is 3.03. The maximum atomic E-state index is 12.2. The van der Waals surface area contributed by atoms with Gasteiger partial charge in [-0.15, -0.1) is 0 Å². The first-order valence-corrected chi connectivity index (χ1v) is 6.82. The smallest absolute Gasteiger partial charge is 0.240 e. The van der Waals surface area contributed by atoms with Gasteiger partial charge in [-0.25, -0.2) is 0 Å². The highest BCUT2D eigenvalue weighted by Crippen LogP contribution is 2.25. The van der Waals surface area contributed by atoms with Crippen molar-refractivity contribution in [2.75, 3.05) is 13.2 Å². The van der Waals surface area contributed by atoms with Crippen molar-refractivity contribution in [3.8, 4) is 0 Å². The highest BCUT2D eigenvalue weighted by molar-refractivity contribution is 5.86. The standard InChI is InChI=1S/C13H24N2O2/c1-13(7-4-8-14-13)12(17)15-11-6-3-2-5-10(11)9-16/h10-11,14,16H,2-9H2,1H3,(H,15,17). The van der Waals surface area contributed by atoms with Crippen LogP contribution in [-0.2, 0) is 4.79 Å². The van der Waals surface area contributed by atoms with Crippen molar-refractivity contribution in [1.29, 1.82) is 0 Å². The Bertz CT molecular complexity index is 275. The number of nitrogens with one attached hydrogen (secondary N) is 2. The molecular formula is C13H24N2O2. The van der Waals surface area contributed by atoms with E-state index < -0.39 is 5.54 Å². The Kier molecular flexibility index (Phi) is 4.05. The largest absolute Gasteiger partial charge is 0.396 e. The Balaban J connectivity index is 1.92. The van der Waals surface area contributed by atoms with Gasteiger partial charge in [0.05, 0.1) is 5.54 Å². The molecule has 98 valence electrons. The fourth-order valence-electron chi connectivity index (χ4n) is 3.03. The van der Waals surface area contributed by atoms with Crippen molar-refractivity contribution < 1.29 is 9.90 Å². The van der Waals surface area contributed by atoms with Gasteiger partial charge in [-0.1, -0.05) is 12.8 Å². The molecule has 0 bridgehead atoms. The van der Waals surface area contributed by atoms with E-state index in [1.165, 1.54) is 6.42 Å². The number of carbonyl (C=O) groups is 1. The minimum Gasteiger partial charge on any atom is -0.396 e. The van der Waals surface area contributed by atoms with Crippen molar-refractivity contribution in [3.63, 3.8) is 0 Å². The zero-order valence-electron chi connectivity index (χ0n) is 10.7. The van der Waals surface area contributed by atoms with Crippen LogP contribution in [0, 0.1) is 5.92 Å². The summed E-state index contributed by atoms with van der Waals surface area (Å²) < 4.78 is 0. The molecule has 1 aliphatic carbocycles. The SMILES string of the molecule is CC1(C(=O)NC2CCCCC2CO)CCCN1. The van der Waals surface area contributed by atoms with Crippen LogP contribution in [0.4, 0.5) is 0 Å². The van der Waals surface area contributed by atoms with E-state index in [2.05, 4.69) is 10.6 Å². The average molecular weight is 240 g/mol. The first kappa shape index (κ1) is 12.8. The minimum absolute atomic E-state index is 0.111. The van der Waals surface area contributed by atoms with E-state index in [4.69, 9.17) is 0 Å². The minimum atomic E-state index is -0.391. The molecule has 1 saturated carbocycles. The number of hydrogen-bond acceptors (Lipinski definition) is 3. The molecule has 2 fully saturated rings. The third-order valence-electron chi connectivity index (χ3n) is 4.33. The third kappa shape index (κ3) is 2.80. The van der Waals surface area contributed by atoms with Crippen LogP contribution in [-0.4, -0.2) is 35.7 Å². The molecule has 3 atom stereocenters. The van der Waals surface area contributed by atoms with E-state index in [1.807, 2.05) is 6.92 Å². The van der Waals surface area contributed by atoms with Gasteiger partial charge in [0.2, 0.25) is 5.91 Å². The molecule has 0 aromatic rings. The Labute approximate surface area is 103 Å². The van der Waals surface area contributed by atoms with Crippen LogP contribution in [0.2, 0.25) is 0 Å². The quantitative estimate of drug-likeness (QED) is 0.683. The molecule has 3 N–H and O–H groups in total. The van der Waals surface area contributed by atoms with E-state index in [0.29, 0.717) is 0 Å². The van der Waals surface area contributed by atoms with Gasteiger partial charge < -0.3 is 15.7 Å². The number of amides is 1. The summed E-state index contributed by atoms with van der Waals surface area (Å²) in [6.07, 6.45) is 6.35. The Hall–Kier alpha value is -0.610. The Morgan fingerprint density at radius 1 is 1.41 bits per heavy atom. The summed E-state index contributed by atoms with van der Waals surface area (Å²) in [5.41, 5.74) is -0.391. The van der Waals surface area contributed by atoms with Gasteiger partial charge in [0.15, 0.2) is 0 Å². The van der Waals surface area contributed by atoms with E-state index in [0.717, 1.165) is 38.6 Å². The zero-order valence-corrected chi connectivity index (χ0v) is 10.7. The van der Waals surface area contributed by atoms with E-state index in [-0.39, 0.29) is 24.5 Å². The number of hydrogen-bond donors (Lipinski definition) is 3. The maximum absolute atomic E-state index is 12.2. The second-order valence-corrected chi connectivity index (χ2v) is 5.67. The highest BCUT2D eigenvalue weighted by Gasteiger charge is 2.38. The molecule has 4 heteroatoms. The van der Waals surface area contributed by atoms with Gasteiger partial charge in [-0.05, 0) is 39.2 Å².